The molecule has 0 radical (unpaired) electrons. The van der Waals surface area contributed by atoms with E-state index in [1.165, 1.54) is 18.2 Å². The summed E-state index contributed by atoms with van der Waals surface area (Å²) < 4.78 is 41.0. The molecule has 1 N–H and O–H groups in total. The Morgan fingerprint density at radius 2 is 1.57 bits per heavy atom. The van der Waals surface area contributed by atoms with Gasteiger partial charge in [-0.15, -0.1) is 13.2 Å². The maximum absolute atomic E-state index is 12.3. The van der Waals surface area contributed by atoms with E-state index in [0.717, 1.165) is 0 Å². The molecule has 21 heavy (non-hydrogen) atoms. The summed E-state index contributed by atoms with van der Waals surface area (Å²) in [5, 5.41) is 3.68. The highest BCUT2D eigenvalue weighted by Gasteiger charge is 2.31. The zero-order valence-electron chi connectivity index (χ0n) is 10.5. The number of benzene rings is 2. The molecule has 0 heterocycles. The molecule has 0 fully saturated rings. The Kier molecular flexibility index (Phi) is 4.85. The van der Waals surface area contributed by atoms with Crippen LogP contribution < -0.4 is 10.1 Å². The largest absolute Gasteiger partial charge is 0.573 e. The van der Waals surface area contributed by atoms with Crippen LogP contribution in [-0.2, 0) is 6.54 Å². The molecule has 0 aliphatic rings. The van der Waals surface area contributed by atoms with Crippen molar-refractivity contribution in [1.29, 1.82) is 0 Å². The first-order valence-corrected chi connectivity index (χ1v) is 6.64. The predicted octanol–water partition coefficient (Wildman–Crippen LogP) is 5.50. The summed E-state index contributed by atoms with van der Waals surface area (Å²) in [4.78, 5) is 0. The molecule has 0 saturated carbocycles. The number of para-hydroxylation sites is 2. The third kappa shape index (κ3) is 4.44. The molecule has 2 nitrogen and oxygen atoms in total. The lowest BCUT2D eigenvalue weighted by atomic mass is 10.2. The van der Waals surface area contributed by atoms with Crippen LogP contribution in [-0.4, -0.2) is 6.36 Å². The van der Waals surface area contributed by atoms with Gasteiger partial charge in [-0.3, -0.25) is 0 Å². The molecule has 7 heteroatoms. The maximum Gasteiger partial charge on any atom is 0.573 e. The van der Waals surface area contributed by atoms with Crippen molar-refractivity contribution in [3.8, 4) is 5.75 Å². The minimum Gasteiger partial charge on any atom is -0.405 e. The number of alkyl halides is 3. The first-order chi connectivity index (χ1) is 9.87. The van der Waals surface area contributed by atoms with Crippen molar-refractivity contribution in [2.75, 3.05) is 5.32 Å². The average Bonchev–Trinajstić information content (AvgIpc) is 2.38. The number of halogens is 5. The van der Waals surface area contributed by atoms with Crippen LogP contribution in [0.4, 0.5) is 18.9 Å². The van der Waals surface area contributed by atoms with Crippen LogP contribution in [0, 0.1) is 0 Å². The molecule has 0 unspecified atom stereocenters. The van der Waals surface area contributed by atoms with Gasteiger partial charge < -0.3 is 10.1 Å². The van der Waals surface area contributed by atoms with Crippen molar-refractivity contribution in [1.82, 2.24) is 0 Å². The van der Waals surface area contributed by atoms with Gasteiger partial charge in [-0.25, -0.2) is 0 Å². The summed E-state index contributed by atoms with van der Waals surface area (Å²) in [5.41, 5.74) is 0.799. The molecule has 0 amide bonds. The minimum atomic E-state index is -4.74. The number of rotatable bonds is 4. The van der Waals surface area contributed by atoms with E-state index in [-0.39, 0.29) is 12.3 Å². The summed E-state index contributed by atoms with van der Waals surface area (Å²) in [5.74, 6) is -0.263. The van der Waals surface area contributed by atoms with Gasteiger partial charge >= 0.3 is 6.36 Å². The van der Waals surface area contributed by atoms with Crippen LogP contribution >= 0.6 is 23.2 Å². The molecule has 0 atom stereocenters. The molecule has 0 aliphatic heterocycles. The van der Waals surface area contributed by atoms with Gasteiger partial charge in [0.2, 0.25) is 0 Å². The van der Waals surface area contributed by atoms with Crippen LogP contribution in [0.25, 0.3) is 0 Å². The number of anilines is 1. The smallest absolute Gasteiger partial charge is 0.405 e. The van der Waals surface area contributed by atoms with Gasteiger partial charge in [-0.05, 0) is 18.2 Å². The summed E-state index contributed by atoms with van der Waals surface area (Å²) in [6.07, 6.45) is -4.74. The average molecular weight is 336 g/mol. The van der Waals surface area contributed by atoms with E-state index < -0.39 is 6.36 Å². The Labute approximate surface area is 129 Å². The van der Waals surface area contributed by atoms with Crippen molar-refractivity contribution >= 4 is 28.9 Å². The van der Waals surface area contributed by atoms with Crippen LogP contribution in [0.2, 0.25) is 10.0 Å². The van der Waals surface area contributed by atoms with Gasteiger partial charge in [0.25, 0.3) is 0 Å². The summed E-state index contributed by atoms with van der Waals surface area (Å²) in [6.45, 7) is 0.0930. The topological polar surface area (TPSA) is 21.3 Å². The van der Waals surface area contributed by atoms with Gasteiger partial charge in [0, 0.05) is 12.1 Å². The van der Waals surface area contributed by atoms with Crippen LogP contribution in [0.3, 0.4) is 0 Å². The summed E-state index contributed by atoms with van der Waals surface area (Å²) >= 11 is 12.0. The van der Waals surface area contributed by atoms with E-state index in [1.807, 2.05) is 0 Å². The molecule has 2 aromatic rings. The zero-order chi connectivity index (χ0) is 15.5. The molecular weight excluding hydrogens is 326 g/mol. The van der Waals surface area contributed by atoms with E-state index >= 15 is 0 Å². The Bertz CT molecular complexity index is 612. The molecule has 0 saturated heterocycles. The van der Waals surface area contributed by atoms with Gasteiger partial charge in [0.15, 0.2) is 0 Å². The lowest BCUT2D eigenvalue weighted by Crippen LogP contribution is -2.18. The van der Waals surface area contributed by atoms with Crippen molar-refractivity contribution in [2.24, 2.45) is 0 Å². The number of hydrogen-bond donors (Lipinski definition) is 1. The standard InChI is InChI=1S/C14H10Cl2F3NO/c15-10-5-3-6-11(16)13(10)20-8-9-4-1-2-7-12(9)21-14(17,18)19/h1-7,20H,8H2. The normalized spacial score (nSPS) is 11.3. The van der Waals surface area contributed by atoms with Gasteiger partial charge in [0.1, 0.15) is 5.75 Å². The second-order valence-electron chi connectivity index (χ2n) is 4.11. The summed E-state index contributed by atoms with van der Waals surface area (Å²) in [7, 11) is 0. The maximum atomic E-state index is 12.3. The summed E-state index contributed by atoms with van der Waals surface area (Å²) in [6, 6.07) is 10.8. The quantitative estimate of drug-likeness (QED) is 0.796. The fourth-order valence-electron chi connectivity index (χ4n) is 1.72. The molecule has 0 spiro atoms. The number of ether oxygens (including phenoxy) is 1. The van der Waals surface area contributed by atoms with Gasteiger partial charge in [-0.1, -0.05) is 47.5 Å². The highest BCUT2D eigenvalue weighted by molar-refractivity contribution is 6.39. The Hall–Kier alpha value is -1.59. The van der Waals surface area contributed by atoms with Gasteiger partial charge in [-0.2, -0.15) is 0 Å². The third-order valence-electron chi connectivity index (χ3n) is 2.62. The van der Waals surface area contributed by atoms with E-state index in [0.29, 0.717) is 21.3 Å². The Morgan fingerprint density at radius 1 is 0.952 bits per heavy atom. The minimum absolute atomic E-state index is 0.0930. The number of nitrogens with one attached hydrogen (secondary N) is 1. The lowest BCUT2D eigenvalue weighted by Gasteiger charge is -2.15. The molecule has 2 rings (SSSR count). The highest BCUT2D eigenvalue weighted by Crippen LogP contribution is 2.32. The van der Waals surface area contributed by atoms with Crippen molar-refractivity contribution < 1.29 is 17.9 Å². The fraction of sp³-hybridized carbons (Fsp3) is 0.143. The lowest BCUT2D eigenvalue weighted by molar-refractivity contribution is -0.274. The second-order valence-corrected chi connectivity index (χ2v) is 4.92. The highest BCUT2D eigenvalue weighted by atomic mass is 35.5. The molecule has 2 aromatic carbocycles. The van der Waals surface area contributed by atoms with Crippen molar-refractivity contribution in [3.63, 3.8) is 0 Å². The second kappa shape index (κ2) is 6.45. The molecule has 0 bridgehead atoms. The van der Waals surface area contributed by atoms with E-state index in [9.17, 15) is 13.2 Å². The van der Waals surface area contributed by atoms with Crippen LogP contribution in [0.5, 0.6) is 5.75 Å². The number of hydrogen-bond acceptors (Lipinski definition) is 2. The van der Waals surface area contributed by atoms with Crippen molar-refractivity contribution in [2.45, 2.75) is 12.9 Å². The van der Waals surface area contributed by atoms with Crippen LogP contribution in [0.1, 0.15) is 5.56 Å². The molecular formula is C14H10Cl2F3NO. The first-order valence-electron chi connectivity index (χ1n) is 5.88. The SMILES string of the molecule is FC(F)(F)Oc1ccccc1CNc1c(Cl)cccc1Cl. The third-order valence-corrected chi connectivity index (χ3v) is 3.25. The van der Waals surface area contributed by atoms with Crippen molar-refractivity contribution in [3.05, 3.63) is 58.1 Å². The predicted molar refractivity (Wildman–Crippen MR) is 76.9 cm³/mol. The Balaban J connectivity index is 2.17. The van der Waals surface area contributed by atoms with E-state index in [1.54, 1.807) is 24.3 Å². The van der Waals surface area contributed by atoms with Gasteiger partial charge in [0.05, 0.1) is 15.7 Å². The van der Waals surface area contributed by atoms with Crippen LogP contribution in [0.15, 0.2) is 42.5 Å². The monoisotopic (exact) mass is 335 g/mol. The fourth-order valence-corrected chi connectivity index (χ4v) is 2.26. The van der Waals surface area contributed by atoms with E-state index in [2.05, 4.69) is 10.1 Å². The Morgan fingerprint density at radius 3 is 2.19 bits per heavy atom. The molecule has 0 aromatic heterocycles. The zero-order valence-corrected chi connectivity index (χ0v) is 12.1. The molecule has 0 aliphatic carbocycles. The van der Waals surface area contributed by atoms with E-state index in [4.69, 9.17) is 23.2 Å². The molecule has 112 valence electrons. The first kappa shape index (κ1) is 15.8.